The standard InChI is InChI=1S/C16H11N3O3S/c20-13(11-8-4-5-9-12(11)15(21)22)17-16-19-18-14(23-16)10-6-2-1-3-7-10/h1-9H,(H,21,22)(H,17,19,20). The molecule has 2 aromatic carbocycles. The molecule has 0 bridgehead atoms. The number of aromatic carboxylic acids is 1. The average Bonchev–Trinajstić information content (AvgIpc) is 3.04. The van der Waals surface area contributed by atoms with Crippen molar-refractivity contribution in [2.45, 2.75) is 0 Å². The van der Waals surface area contributed by atoms with Gasteiger partial charge < -0.3 is 5.11 Å². The number of carboxylic acids is 1. The summed E-state index contributed by atoms with van der Waals surface area (Å²) < 4.78 is 0. The maximum atomic E-state index is 12.2. The van der Waals surface area contributed by atoms with Gasteiger partial charge in [0.2, 0.25) is 5.13 Å². The number of anilines is 1. The number of carbonyl (C=O) groups excluding carboxylic acids is 1. The van der Waals surface area contributed by atoms with Crippen LogP contribution in [-0.4, -0.2) is 27.2 Å². The molecule has 0 saturated heterocycles. The Bertz CT molecular complexity index is 862. The van der Waals surface area contributed by atoms with Crippen molar-refractivity contribution >= 4 is 28.3 Å². The van der Waals surface area contributed by atoms with Gasteiger partial charge in [-0.15, -0.1) is 10.2 Å². The molecule has 0 radical (unpaired) electrons. The van der Waals surface area contributed by atoms with E-state index in [0.29, 0.717) is 10.1 Å². The largest absolute Gasteiger partial charge is 0.478 e. The lowest BCUT2D eigenvalue weighted by molar-refractivity contribution is 0.0692. The van der Waals surface area contributed by atoms with Crippen LogP contribution >= 0.6 is 11.3 Å². The van der Waals surface area contributed by atoms with E-state index >= 15 is 0 Å². The monoisotopic (exact) mass is 325 g/mol. The van der Waals surface area contributed by atoms with Gasteiger partial charge in [0, 0.05) is 5.56 Å². The summed E-state index contributed by atoms with van der Waals surface area (Å²) in [5, 5.41) is 20.7. The van der Waals surface area contributed by atoms with Crippen LogP contribution in [-0.2, 0) is 0 Å². The second-order valence-corrected chi connectivity index (χ2v) is 5.56. The third-order valence-electron chi connectivity index (χ3n) is 3.07. The number of amides is 1. The normalized spacial score (nSPS) is 10.3. The Balaban J connectivity index is 1.82. The molecular weight excluding hydrogens is 314 g/mol. The van der Waals surface area contributed by atoms with Crippen molar-refractivity contribution in [3.8, 4) is 10.6 Å². The highest BCUT2D eigenvalue weighted by Gasteiger charge is 2.17. The number of rotatable bonds is 4. The fourth-order valence-electron chi connectivity index (χ4n) is 2.00. The molecule has 2 N–H and O–H groups in total. The molecule has 3 aromatic rings. The van der Waals surface area contributed by atoms with Gasteiger partial charge in [0.25, 0.3) is 5.91 Å². The van der Waals surface area contributed by atoms with Crippen LogP contribution in [0.15, 0.2) is 54.6 Å². The van der Waals surface area contributed by atoms with Crippen LogP contribution in [0.4, 0.5) is 5.13 Å². The first-order valence-electron chi connectivity index (χ1n) is 6.68. The first-order chi connectivity index (χ1) is 11.1. The summed E-state index contributed by atoms with van der Waals surface area (Å²) in [6.07, 6.45) is 0. The highest BCUT2D eigenvalue weighted by Crippen LogP contribution is 2.26. The van der Waals surface area contributed by atoms with Crippen molar-refractivity contribution in [2.75, 3.05) is 5.32 Å². The van der Waals surface area contributed by atoms with E-state index in [2.05, 4.69) is 15.5 Å². The zero-order valence-corrected chi connectivity index (χ0v) is 12.6. The van der Waals surface area contributed by atoms with E-state index in [1.54, 1.807) is 12.1 Å². The van der Waals surface area contributed by atoms with Gasteiger partial charge in [-0.3, -0.25) is 10.1 Å². The van der Waals surface area contributed by atoms with Gasteiger partial charge in [0.1, 0.15) is 5.01 Å². The van der Waals surface area contributed by atoms with Crippen LogP contribution in [0.2, 0.25) is 0 Å². The number of nitrogens with one attached hydrogen (secondary N) is 1. The number of benzene rings is 2. The molecule has 0 saturated carbocycles. The molecule has 0 unspecified atom stereocenters. The Labute approximate surface area is 135 Å². The molecule has 0 aliphatic rings. The molecule has 0 aliphatic carbocycles. The van der Waals surface area contributed by atoms with E-state index in [0.717, 1.165) is 5.56 Å². The van der Waals surface area contributed by atoms with E-state index in [-0.39, 0.29) is 11.1 Å². The molecule has 0 fully saturated rings. The van der Waals surface area contributed by atoms with Crippen LogP contribution in [0.5, 0.6) is 0 Å². The van der Waals surface area contributed by atoms with Gasteiger partial charge in [-0.1, -0.05) is 53.8 Å². The molecule has 114 valence electrons. The Kier molecular flexibility index (Phi) is 4.11. The number of aromatic nitrogens is 2. The maximum absolute atomic E-state index is 12.2. The van der Waals surface area contributed by atoms with Gasteiger partial charge in [-0.05, 0) is 12.1 Å². The first kappa shape index (κ1) is 14.9. The van der Waals surface area contributed by atoms with Crippen molar-refractivity contribution in [3.05, 3.63) is 65.7 Å². The minimum absolute atomic E-state index is 0.0576. The van der Waals surface area contributed by atoms with Gasteiger partial charge in [0.05, 0.1) is 11.1 Å². The van der Waals surface area contributed by atoms with Crippen LogP contribution in [0.25, 0.3) is 10.6 Å². The molecule has 7 heteroatoms. The summed E-state index contributed by atoms with van der Waals surface area (Å²) in [6.45, 7) is 0. The number of hydrogen-bond donors (Lipinski definition) is 2. The Hall–Kier alpha value is -3.06. The van der Waals surface area contributed by atoms with Crippen molar-refractivity contribution in [1.29, 1.82) is 0 Å². The minimum atomic E-state index is -1.15. The van der Waals surface area contributed by atoms with Crippen LogP contribution < -0.4 is 5.32 Å². The highest BCUT2D eigenvalue weighted by molar-refractivity contribution is 7.18. The smallest absolute Gasteiger partial charge is 0.336 e. The Morgan fingerprint density at radius 1 is 0.913 bits per heavy atom. The van der Waals surface area contributed by atoms with Crippen molar-refractivity contribution in [1.82, 2.24) is 10.2 Å². The predicted molar refractivity (Wildman–Crippen MR) is 86.7 cm³/mol. The van der Waals surface area contributed by atoms with E-state index < -0.39 is 11.9 Å². The molecule has 1 heterocycles. The molecule has 1 amide bonds. The minimum Gasteiger partial charge on any atom is -0.478 e. The van der Waals surface area contributed by atoms with Crippen molar-refractivity contribution < 1.29 is 14.7 Å². The van der Waals surface area contributed by atoms with E-state index in [4.69, 9.17) is 5.11 Å². The number of nitrogens with zero attached hydrogens (tertiary/aromatic N) is 2. The number of carboxylic acid groups (broad SMARTS) is 1. The average molecular weight is 325 g/mol. The van der Waals surface area contributed by atoms with Crippen LogP contribution in [0.1, 0.15) is 20.7 Å². The lowest BCUT2D eigenvalue weighted by Gasteiger charge is -2.04. The number of carbonyl (C=O) groups is 2. The third kappa shape index (κ3) is 3.24. The molecule has 0 spiro atoms. The summed E-state index contributed by atoms with van der Waals surface area (Å²) in [4.78, 5) is 23.4. The molecule has 1 aromatic heterocycles. The van der Waals surface area contributed by atoms with Gasteiger partial charge in [-0.2, -0.15) is 0 Å². The summed E-state index contributed by atoms with van der Waals surface area (Å²) in [7, 11) is 0. The molecule has 6 nitrogen and oxygen atoms in total. The Morgan fingerprint density at radius 3 is 2.26 bits per heavy atom. The van der Waals surface area contributed by atoms with Crippen molar-refractivity contribution in [2.24, 2.45) is 0 Å². The summed E-state index contributed by atoms with van der Waals surface area (Å²) in [5.41, 5.74) is 0.922. The van der Waals surface area contributed by atoms with Gasteiger partial charge in [-0.25, -0.2) is 4.79 Å². The molecule has 0 atom stereocenters. The summed E-state index contributed by atoms with van der Waals surface area (Å²) in [6, 6.07) is 15.5. The second-order valence-electron chi connectivity index (χ2n) is 4.58. The van der Waals surface area contributed by atoms with Gasteiger partial charge in [0.15, 0.2) is 0 Å². The summed E-state index contributed by atoms with van der Waals surface area (Å²) in [5.74, 6) is -1.68. The quantitative estimate of drug-likeness (QED) is 0.768. The van der Waals surface area contributed by atoms with E-state index in [1.807, 2.05) is 30.3 Å². The van der Waals surface area contributed by atoms with Crippen molar-refractivity contribution in [3.63, 3.8) is 0 Å². The van der Waals surface area contributed by atoms with Gasteiger partial charge >= 0.3 is 5.97 Å². The van der Waals surface area contributed by atoms with Crippen LogP contribution in [0, 0.1) is 0 Å². The fourth-order valence-corrected chi connectivity index (χ4v) is 2.75. The zero-order valence-electron chi connectivity index (χ0n) is 11.8. The Morgan fingerprint density at radius 2 is 1.57 bits per heavy atom. The van der Waals surface area contributed by atoms with E-state index in [9.17, 15) is 9.59 Å². The zero-order chi connectivity index (χ0) is 16.2. The fraction of sp³-hybridized carbons (Fsp3) is 0. The lowest BCUT2D eigenvalue weighted by atomic mass is 10.1. The summed E-state index contributed by atoms with van der Waals surface area (Å²) >= 11 is 1.22. The molecular formula is C16H11N3O3S. The molecule has 23 heavy (non-hydrogen) atoms. The highest BCUT2D eigenvalue weighted by atomic mass is 32.1. The lowest BCUT2D eigenvalue weighted by Crippen LogP contribution is -2.16. The maximum Gasteiger partial charge on any atom is 0.336 e. The van der Waals surface area contributed by atoms with E-state index in [1.165, 1.54) is 23.5 Å². The molecule has 0 aliphatic heterocycles. The first-order valence-corrected chi connectivity index (χ1v) is 7.49. The second kappa shape index (κ2) is 6.37. The topological polar surface area (TPSA) is 92.2 Å². The predicted octanol–water partition coefficient (Wildman–Crippen LogP) is 3.16. The number of hydrogen-bond acceptors (Lipinski definition) is 5. The van der Waals surface area contributed by atoms with Crippen LogP contribution in [0.3, 0.4) is 0 Å². The third-order valence-corrected chi connectivity index (χ3v) is 3.96. The molecule has 3 rings (SSSR count). The SMILES string of the molecule is O=C(O)c1ccccc1C(=O)Nc1nnc(-c2ccccc2)s1.